The minimum absolute atomic E-state index is 0.0129. The maximum atomic E-state index is 12.2. The summed E-state index contributed by atoms with van der Waals surface area (Å²) < 4.78 is 0. The number of nitrogens with one attached hydrogen (secondary N) is 1. The molecule has 0 aliphatic carbocycles. The van der Waals surface area contributed by atoms with Crippen molar-refractivity contribution in [2.24, 2.45) is 0 Å². The van der Waals surface area contributed by atoms with Crippen LogP contribution in [0.4, 0.5) is 5.69 Å². The number of carbonyl (C=O) groups excluding carboxylic acids is 2. The van der Waals surface area contributed by atoms with E-state index in [1.54, 1.807) is 0 Å². The first kappa shape index (κ1) is 18.2. The van der Waals surface area contributed by atoms with E-state index in [1.807, 2.05) is 29.2 Å². The summed E-state index contributed by atoms with van der Waals surface area (Å²) in [5, 5.41) is 2.97. The molecule has 26 heavy (non-hydrogen) atoms. The van der Waals surface area contributed by atoms with Crippen LogP contribution in [-0.2, 0) is 29.0 Å². The molecule has 3 rings (SSSR count). The molecule has 0 aromatic heterocycles. The molecule has 1 fully saturated rings. The summed E-state index contributed by atoms with van der Waals surface area (Å²) in [4.78, 5) is 25.9. The highest BCUT2D eigenvalue weighted by Crippen LogP contribution is 2.17. The lowest BCUT2D eigenvalue weighted by Gasteiger charge is -2.16. The van der Waals surface area contributed by atoms with Gasteiger partial charge >= 0.3 is 0 Å². The molecule has 0 radical (unpaired) electrons. The molecular formula is C22H26N2O2. The Balaban J connectivity index is 1.51. The fourth-order valence-corrected chi connectivity index (χ4v) is 3.26. The molecule has 4 nitrogen and oxygen atoms in total. The van der Waals surface area contributed by atoms with Crippen molar-refractivity contribution in [2.45, 2.75) is 45.6 Å². The average Bonchev–Trinajstić information content (AvgIpc) is 3.05. The molecule has 1 N–H and O–H groups in total. The average molecular weight is 350 g/mol. The van der Waals surface area contributed by atoms with Gasteiger partial charge in [0.25, 0.3) is 0 Å². The van der Waals surface area contributed by atoms with Crippen LogP contribution in [0.5, 0.6) is 0 Å². The van der Waals surface area contributed by atoms with E-state index >= 15 is 0 Å². The minimum atomic E-state index is 0.0129. The summed E-state index contributed by atoms with van der Waals surface area (Å²) in [7, 11) is 0. The fraction of sp³-hybridized carbons (Fsp3) is 0.364. The van der Waals surface area contributed by atoms with Crippen molar-refractivity contribution in [2.75, 3.05) is 11.9 Å². The molecule has 0 spiro atoms. The number of aryl methyl sites for hydroxylation is 2. The molecule has 136 valence electrons. The van der Waals surface area contributed by atoms with Gasteiger partial charge in [-0.25, -0.2) is 0 Å². The maximum absolute atomic E-state index is 12.2. The summed E-state index contributed by atoms with van der Waals surface area (Å²) in [6.45, 7) is 3.58. The second-order valence-electron chi connectivity index (χ2n) is 6.84. The standard InChI is InChI=1S/C22H26N2O2/c1-2-17-8-10-18(11-9-17)12-13-21(25)23-20-6-3-5-19(15-20)16-24-14-4-7-22(24)26/h3,5-6,8-11,15H,2,4,7,12-14,16H2,1H3,(H,23,25). The number of hydrogen-bond acceptors (Lipinski definition) is 2. The quantitative estimate of drug-likeness (QED) is 0.822. The molecule has 1 saturated heterocycles. The van der Waals surface area contributed by atoms with Gasteiger partial charge < -0.3 is 10.2 Å². The Hall–Kier alpha value is -2.62. The number of nitrogens with zero attached hydrogens (tertiary/aromatic N) is 1. The highest BCUT2D eigenvalue weighted by Gasteiger charge is 2.20. The van der Waals surface area contributed by atoms with Crippen molar-refractivity contribution in [3.05, 3.63) is 65.2 Å². The third-order valence-electron chi connectivity index (χ3n) is 4.83. The van der Waals surface area contributed by atoms with Gasteiger partial charge in [0.2, 0.25) is 11.8 Å². The van der Waals surface area contributed by atoms with Crippen LogP contribution in [0.3, 0.4) is 0 Å². The third kappa shape index (κ3) is 4.94. The molecule has 0 atom stereocenters. The van der Waals surface area contributed by atoms with Gasteiger partial charge in [0.05, 0.1) is 0 Å². The van der Waals surface area contributed by atoms with E-state index in [0.29, 0.717) is 19.4 Å². The zero-order chi connectivity index (χ0) is 18.4. The third-order valence-corrected chi connectivity index (χ3v) is 4.83. The lowest BCUT2D eigenvalue weighted by atomic mass is 10.1. The molecule has 2 amide bonds. The van der Waals surface area contributed by atoms with Gasteiger partial charge in [0.15, 0.2) is 0 Å². The highest BCUT2D eigenvalue weighted by molar-refractivity contribution is 5.90. The van der Waals surface area contributed by atoms with Gasteiger partial charge in [-0.2, -0.15) is 0 Å². The molecule has 0 unspecified atom stereocenters. The van der Waals surface area contributed by atoms with Crippen LogP contribution >= 0.6 is 0 Å². The number of amides is 2. The van der Waals surface area contributed by atoms with Crippen LogP contribution in [0, 0.1) is 0 Å². The van der Waals surface area contributed by atoms with Gasteiger partial charge in [0.1, 0.15) is 0 Å². The van der Waals surface area contributed by atoms with Crippen molar-refractivity contribution in [3.63, 3.8) is 0 Å². The second-order valence-corrected chi connectivity index (χ2v) is 6.84. The topological polar surface area (TPSA) is 49.4 Å². The van der Waals surface area contributed by atoms with E-state index in [2.05, 4.69) is 36.5 Å². The number of likely N-dealkylation sites (tertiary alicyclic amines) is 1. The number of hydrogen-bond donors (Lipinski definition) is 1. The number of anilines is 1. The molecule has 4 heteroatoms. The van der Waals surface area contributed by atoms with Crippen LogP contribution in [0.15, 0.2) is 48.5 Å². The lowest BCUT2D eigenvalue weighted by molar-refractivity contribution is -0.128. The molecule has 1 heterocycles. The first-order valence-corrected chi connectivity index (χ1v) is 9.38. The Morgan fingerprint density at radius 1 is 1.08 bits per heavy atom. The monoisotopic (exact) mass is 350 g/mol. The van der Waals surface area contributed by atoms with Crippen LogP contribution in [0.2, 0.25) is 0 Å². The van der Waals surface area contributed by atoms with Crippen molar-refractivity contribution in [3.8, 4) is 0 Å². The van der Waals surface area contributed by atoms with Crippen molar-refractivity contribution < 1.29 is 9.59 Å². The Morgan fingerprint density at radius 2 is 1.85 bits per heavy atom. The van der Waals surface area contributed by atoms with Crippen LogP contribution < -0.4 is 5.32 Å². The van der Waals surface area contributed by atoms with Crippen molar-refractivity contribution >= 4 is 17.5 Å². The predicted molar refractivity (Wildman–Crippen MR) is 104 cm³/mol. The SMILES string of the molecule is CCc1ccc(CCC(=O)Nc2cccc(CN3CCCC3=O)c2)cc1. The van der Waals surface area contributed by atoms with E-state index in [-0.39, 0.29) is 11.8 Å². The normalized spacial score (nSPS) is 13.9. The Kier molecular flexibility index (Phi) is 6.05. The Bertz CT molecular complexity index is 768. The summed E-state index contributed by atoms with van der Waals surface area (Å²) in [5.41, 5.74) is 4.33. The number of benzene rings is 2. The van der Waals surface area contributed by atoms with Crippen LogP contribution in [0.25, 0.3) is 0 Å². The Labute approximate surface area is 155 Å². The van der Waals surface area contributed by atoms with Crippen molar-refractivity contribution in [1.82, 2.24) is 4.90 Å². The molecule has 1 aliphatic heterocycles. The zero-order valence-corrected chi connectivity index (χ0v) is 15.3. The molecular weight excluding hydrogens is 324 g/mol. The largest absolute Gasteiger partial charge is 0.338 e. The lowest BCUT2D eigenvalue weighted by Crippen LogP contribution is -2.23. The highest BCUT2D eigenvalue weighted by atomic mass is 16.2. The molecule has 1 aliphatic rings. The summed E-state index contributed by atoms with van der Waals surface area (Å²) in [6.07, 6.45) is 3.81. The van der Waals surface area contributed by atoms with Crippen LogP contribution in [0.1, 0.15) is 42.9 Å². The van der Waals surface area contributed by atoms with Crippen molar-refractivity contribution in [1.29, 1.82) is 0 Å². The summed E-state index contributed by atoms with van der Waals surface area (Å²) in [6, 6.07) is 16.2. The van der Waals surface area contributed by atoms with Gasteiger partial charge in [-0.3, -0.25) is 9.59 Å². The van der Waals surface area contributed by atoms with E-state index in [1.165, 1.54) is 11.1 Å². The summed E-state index contributed by atoms with van der Waals surface area (Å²) >= 11 is 0. The second kappa shape index (κ2) is 8.65. The molecule has 0 bridgehead atoms. The van der Waals surface area contributed by atoms with Gasteiger partial charge in [0, 0.05) is 31.6 Å². The first-order chi connectivity index (χ1) is 12.6. The zero-order valence-electron chi connectivity index (χ0n) is 15.3. The molecule has 2 aromatic rings. The first-order valence-electron chi connectivity index (χ1n) is 9.38. The smallest absolute Gasteiger partial charge is 0.224 e. The molecule has 0 saturated carbocycles. The summed E-state index contributed by atoms with van der Waals surface area (Å²) in [5.74, 6) is 0.229. The van der Waals surface area contributed by atoms with E-state index < -0.39 is 0 Å². The van der Waals surface area contributed by atoms with E-state index in [0.717, 1.165) is 37.1 Å². The predicted octanol–water partition coefficient (Wildman–Crippen LogP) is 3.94. The van der Waals surface area contributed by atoms with Crippen LogP contribution in [-0.4, -0.2) is 23.3 Å². The van der Waals surface area contributed by atoms with E-state index in [9.17, 15) is 9.59 Å². The van der Waals surface area contributed by atoms with E-state index in [4.69, 9.17) is 0 Å². The van der Waals surface area contributed by atoms with Gasteiger partial charge in [-0.15, -0.1) is 0 Å². The fourth-order valence-electron chi connectivity index (χ4n) is 3.26. The van der Waals surface area contributed by atoms with Gasteiger partial charge in [-0.1, -0.05) is 43.3 Å². The maximum Gasteiger partial charge on any atom is 0.224 e. The Morgan fingerprint density at radius 3 is 2.54 bits per heavy atom. The van der Waals surface area contributed by atoms with Gasteiger partial charge in [-0.05, 0) is 48.1 Å². The minimum Gasteiger partial charge on any atom is -0.338 e. The molecule has 2 aromatic carbocycles. The number of rotatable bonds is 7. The number of carbonyl (C=O) groups is 2.